The van der Waals surface area contributed by atoms with Gasteiger partial charge in [-0.2, -0.15) is 5.26 Å². The van der Waals surface area contributed by atoms with Crippen molar-refractivity contribution in [1.82, 2.24) is 0 Å². The standard InChI is InChI=1S/C12H16N2/c1-12(2,9-13)10-7-5-6-8-11(10)14(3)4/h5-8H,1-4H3. The molecule has 0 aliphatic rings. The summed E-state index contributed by atoms with van der Waals surface area (Å²) < 4.78 is 0. The van der Waals surface area contributed by atoms with Crippen LogP contribution in [0.1, 0.15) is 19.4 Å². The number of hydrogen-bond donors (Lipinski definition) is 0. The zero-order chi connectivity index (χ0) is 10.8. The first kappa shape index (κ1) is 10.6. The van der Waals surface area contributed by atoms with E-state index in [0.717, 1.165) is 11.3 Å². The SMILES string of the molecule is CN(C)c1ccccc1C(C)(C)C#N. The molecule has 0 amide bonds. The second kappa shape index (κ2) is 3.71. The Morgan fingerprint density at radius 2 is 1.79 bits per heavy atom. The highest BCUT2D eigenvalue weighted by Crippen LogP contribution is 2.30. The lowest BCUT2D eigenvalue weighted by Crippen LogP contribution is -2.20. The van der Waals surface area contributed by atoms with E-state index >= 15 is 0 Å². The Bertz CT molecular complexity index is 359. The topological polar surface area (TPSA) is 27.0 Å². The molecule has 0 aliphatic heterocycles. The predicted octanol–water partition coefficient (Wildman–Crippen LogP) is 2.55. The van der Waals surface area contributed by atoms with Gasteiger partial charge < -0.3 is 4.90 Å². The molecule has 14 heavy (non-hydrogen) atoms. The van der Waals surface area contributed by atoms with Gasteiger partial charge in [0.25, 0.3) is 0 Å². The average Bonchev–Trinajstić information content (AvgIpc) is 2.18. The monoisotopic (exact) mass is 188 g/mol. The van der Waals surface area contributed by atoms with Crippen molar-refractivity contribution < 1.29 is 0 Å². The van der Waals surface area contributed by atoms with Gasteiger partial charge in [0.05, 0.1) is 11.5 Å². The molecule has 1 rings (SSSR count). The van der Waals surface area contributed by atoms with Crippen LogP contribution in [-0.4, -0.2) is 14.1 Å². The van der Waals surface area contributed by atoms with Gasteiger partial charge in [-0.05, 0) is 25.5 Å². The van der Waals surface area contributed by atoms with Crippen LogP contribution >= 0.6 is 0 Å². The van der Waals surface area contributed by atoms with Crippen molar-refractivity contribution in [2.45, 2.75) is 19.3 Å². The molecular formula is C12H16N2. The Morgan fingerprint density at radius 3 is 2.29 bits per heavy atom. The van der Waals surface area contributed by atoms with Crippen LogP contribution in [0.2, 0.25) is 0 Å². The molecule has 0 aliphatic carbocycles. The van der Waals surface area contributed by atoms with Crippen LogP contribution in [-0.2, 0) is 5.41 Å². The first-order valence-electron chi connectivity index (χ1n) is 4.67. The lowest BCUT2D eigenvalue weighted by Gasteiger charge is -2.24. The van der Waals surface area contributed by atoms with Crippen molar-refractivity contribution in [3.63, 3.8) is 0 Å². The Hall–Kier alpha value is -1.49. The van der Waals surface area contributed by atoms with Crippen LogP contribution in [0.3, 0.4) is 0 Å². The van der Waals surface area contributed by atoms with Crippen LogP contribution in [0.25, 0.3) is 0 Å². The number of rotatable bonds is 2. The van der Waals surface area contributed by atoms with Gasteiger partial charge in [0.15, 0.2) is 0 Å². The van der Waals surface area contributed by atoms with E-state index in [-0.39, 0.29) is 0 Å². The normalized spacial score (nSPS) is 10.8. The largest absolute Gasteiger partial charge is 0.377 e. The second-order valence-corrected chi connectivity index (χ2v) is 4.15. The molecule has 2 heteroatoms. The van der Waals surface area contributed by atoms with E-state index in [1.165, 1.54) is 0 Å². The second-order valence-electron chi connectivity index (χ2n) is 4.15. The average molecular weight is 188 g/mol. The first-order chi connectivity index (χ1) is 6.49. The summed E-state index contributed by atoms with van der Waals surface area (Å²) >= 11 is 0. The van der Waals surface area contributed by atoms with E-state index in [4.69, 9.17) is 5.26 Å². The summed E-state index contributed by atoms with van der Waals surface area (Å²) in [7, 11) is 3.98. The van der Waals surface area contributed by atoms with E-state index < -0.39 is 5.41 Å². The summed E-state index contributed by atoms with van der Waals surface area (Å²) in [6.07, 6.45) is 0. The molecule has 0 radical (unpaired) electrons. The quantitative estimate of drug-likeness (QED) is 0.713. The lowest BCUT2D eigenvalue weighted by molar-refractivity contribution is 0.685. The van der Waals surface area contributed by atoms with Gasteiger partial charge in [-0.25, -0.2) is 0 Å². The summed E-state index contributed by atoms with van der Waals surface area (Å²) in [6, 6.07) is 10.3. The third kappa shape index (κ3) is 1.88. The highest BCUT2D eigenvalue weighted by molar-refractivity contribution is 5.57. The highest BCUT2D eigenvalue weighted by Gasteiger charge is 2.23. The summed E-state index contributed by atoms with van der Waals surface area (Å²) in [5, 5.41) is 9.09. The third-order valence-corrected chi connectivity index (χ3v) is 2.34. The van der Waals surface area contributed by atoms with Gasteiger partial charge in [-0.3, -0.25) is 0 Å². The first-order valence-corrected chi connectivity index (χ1v) is 4.67. The minimum Gasteiger partial charge on any atom is -0.377 e. The molecule has 0 aromatic heterocycles. The van der Waals surface area contributed by atoms with E-state index in [0.29, 0.717) is 0 Å². The molecule has 0 heterocycles. The maximum atomic E-state index is 9.09. The summed E-state index contributed by atoms with van der Waals surface area (Å²) in [5.74, 6) is 0. The number of nitriles is 1. The number of hydrogen-bond acceptors (Lipinski definition) is 2. The zero-order valence-electron chi connectivity index (χ0n) is 9.20. The number of anilines is 1. The van der Waals surface area contributed by atoms with Crippen molar-refractivity contribution in [3.8, 4) is 6.07 Å². The number of benzene rings is 1. The fourth-order valence-corrected chi connectivity index (χ4v) is 1.45. The molecule has 1 aromatic rings. The molecule has 2 nitrogen and oxygen atoms in total. The fraction of sp³-hybridized carbons (Fsp3) is 0.417. The molecule has 0 spiro atoms. The summed E-state index contributed by atoms with van der Waals surface area (Å²) in [6.45, 7) is 3.88. The van der Waals surface area contributed by atoms with E-state index in [9.17, 15) is 0 Å². The van der Waals surface area contributed by atoms with Crippen molar-refractivity contribution in [2.24, 2.45) is 0 Å². The van der Waals surface area contributed by atoms with Gasteiger partial charge in [0.2, 0.25) is 0 Å². The molecule has 0 bridgehead atoms. The van der Waals surface area contributed by atoms with E-state index in [1.54, 1.807) is 0 Å². The molecule has 0 N–H and O–H groups in total. The highest BCUT2D eigenvalue weighted by atomic mass is 15.1. The minimum atomic E-state index is -0.430. The van der Waals surface area contributed by atoms with Gasteiger partial charge in [0.1, 0.15) is 0 Å². The Morgan fingerprint density at radius 1 is 1.21 bits per heavy atom. The smallest absolute Gasteiger partial charge is 0.0786 e. The maximum absolute atomic E-state index is 9.09. The van der Waals surface area contributed by atoms with Crippen molar-refractivity contribution in [2.75, 3.05) is 19.0 Å². The molecule has 0 atom stereocenters. The molecule has 74 valence electrons. The van der Waals surface area contributed by atoms with Gasteiger partial charge in [0, 0.05) is 19.8 Å². The van der Waals surface area contributed by atoms with Crippen molar-refractivity contribution >= 4 is 5.69 Å². The Balaban J connectivity index is 3.29. The fourth-order valence-electron chi connectivity index (χ4n) is 1.45. The Labute approximate surface area is 85.8 Å². The maximum Gasteiger partial charge on any atom is 0.0786 e. The van der Waals surface area contributed by atoms with Gasteiger partial charge >= 0.3 is 0 Å². The molecular weight excluding hydrogens is 172 g/mol. The number of nitrogens with zero attached hydrogens (tertiary/aromatic N) is 2. The predicted molar refractivity (Wildman–Crippen MR) is 59.4 cm³/mol. The van der Waals surface area contributed by atoms with Crippen LogP contribution in [0.5, 0.6) is 0 Å². The van der Waals surface area contributed by atoms with Crippen LogP contribution in [0, 0.1) is 11.3 Å². The molecule has 0 saturated heterocycles. The molecule has 0 unspecified atom stereocenters. The van der Waals surface area contributed by atoms with Crippen molar-refractivity contribution in [1.29, 1.82) is 5.26 Å². The zero-order valence-corrected chi connectivity index (χ0v) is 9.20. The van der Waals surface area contributed by atoms with Crippen LogP contribution < -0.4 is 4.90 Å². The number of para-hydroxylation sites is 1. The van der Waals surface area contributed by atoms with Gasteiger partial charge in [-0.1, -0.05) is 18.2 Å². The Kier molecular flexibility index (Phi) is 2.81. The summed E-state index contributed by atoms with van der Waals surface area (Å²) in [5.41, 5.74) is 1.76. The van der Waals surface area contributed by atoms with E-state index in [2.05, 4.69) is 6.07 Å². The third-order valence-electron chi connectivity index (χ3n) is 2.34. The minimum absolute atomic E-state index is 0.430. The van der Waals surface area contributed by atoms with E-state index in [1.807, 2.05) is 57.1 Å². The lowest BCUT2D eigenvalue weighted by atomic mass is 9.85. The van der Waals surface area contributed by atoms with Crippen molar-refractivity contribution in [3.05, 3.63) is 29.8 Å². The van der Waals surface area contributed by atoms with Crippen LogP contribution in [0.4, 0.5) is 5.69 Å². The molecule has 0 saturated carbocycles. The summed E-state index contributed by atoms with van der Waals surface area (Å²) in [4.78, 5) is 2.04. The van der Waals surface area contributed by atoms with Crippen LogP contribution in [0.15, 0.2) is 24.3 Å². The molecule has 0 fully saturated rings. The van der Waals surface area contributed by atoms with Gasteiger partial charge in [-0.15, -0.1) is 0 Å². The molecule has 1 aromatic carbocycles.